The van der Waals surface area contributed by atoms with Crippen molar-refractivity contribution >= 4 is 29.9 Å². The van der Waals surface area contributed by atoms with Gasteiger partial charge in [-0.3, -0.25) is 4.79 Å². The first kappa shape index (κ1) is 17.2. The van der Waals surface area contributed by atoms with E-state index in [4.69, 9.17) is 26.8 Å². The SMILES string of the molecule is Cl.NCC1CCCCC1NC(=O)c1cc(Cl)c2c(c1)OCO2. The lowest BCUT2D eigenvalue weighted by molar-refractivity contribution is 0.0907. The molecule has 2 atom stereocenters. The molecule has 7 heteroatoms. The minimum atomic E-state index is -0.138. The number of carbonyl (C=O) groups excluding carboxylic acids is 1. The van der Waals surface area contributed by atoms with Crippen molar-refractivity contribution in [1.29, 1.82) is 0 Å². The van der Waals surface area contributed by atoms with Gasteiger partial charge in [0, 0.05) is 11.6 Å². The molecule has 1 aliphatic heterocycles. The topological polar surface area (TPSA) is 73.6 Å². The first-order valence-electron chi connectivity index (χ1n) is 7.29. The van der Waals surface area contributed by atoms with Gasteiger partial charge >= 0.3 is 0 Å². The van der Waals surface area contributed by atoms with Gasteiger partial charge in [-0.2, -0.15) is 0 Å². The molecule has 1 fully saturated rings. The van der Waals surface area contributed by atoms with Gasteiger partial charge in [-0.15, -0.1) is 12.4 Å². The second-order valence-corrected chi connectivity index (χ2v) is 5.96. The number of hydrogen-bond acceptors (Lipinski definition) is 4. The van der Waals surface area contributed by atoms with Crippen LogP contribution in [-0.2, 0) is 0 Å². The average molecular weight is 347 g/mol. The van der Waals surface area contributed by atoms with Gasteiger partial charge in [0.2, 0.25) is 6.79 Å². The van der Waals surface area contributed by atoms with E-state index in [2.05, 4.69) is 5.32 Å². The Balaban J connectivity index is 0.00000176. The maximum absolute atomic E-state index is 12.4. The quantitative estimate of drug-likeness (QED) is 0.882. The van der Waals surface area contributed by atoms with E-state index in [1.54, 1.807) is 12.1 Å². The van der Waals surface area contributed by atoms with Crippen LogP contribution in [0.15, 0.2) is 12.1 Å². The molecule has 0 aromatic heterocycles. The fourth-order valence-corrected chi connectivity index (χ4v) is 3.30. The molecule has 5 nitrogen and oxygen atoms in total. The number of ether oxygens (including phenoxy) is 2. The Morgan fingerprint density at radius 1 is 1.32 bits per heavy atom. The van der Waals surface area contributed by atoms with Crippen molar-refractivity contribution in [2.75, 3.05) is 13.3 Å². The van der Waals surface area contributed by atoms with Crippen LogP contribution in [0.5, 0.6) is 11.5 Å². The van der Waals surface area contributed by atoms with E-state index in [-0.39, 0.29) is 31.1 Å². The Labute approximate surface area is 140 Å². The lowest BCUT2D eigenvalue weighted by Crippen LogP contribution is -2.44. The van der Waals surface area contributed by atoms with Gasteiger partial charge in [0.1, 0.15) is 0 Å². The Bertz CT molecular complexity index is 554. The summed E-state index contributed by atoms with van der Waals surface area (Å²) in [4.78, 5) is 12.4. The second kappa shape index (κ2) is 7.40. The monoisotopic (exact) mass is 346 g/mol. The number of benzene rings is 1. The number of halogens is 2. The summed E-state index contributed by atoms with van der Waals surface area (Å²) in [5.74, 6) is 1.24. The van der Waals surface area contributed by atoms with Crippen LogP contribution in [0.25, 0.3) is 0 Å². The Kier molecular flexibility index (Phi) is 5.78. The van der Waals surface area contributed by atoms with E-state index in [1.165, 1.54) is 6.42 Å². The third-order valence-corrected chi connectivity index (χ3v) is 4.50. The highest BCUT2D eigenvalue weighted by Gasteiger charge is 2.27. The number of nitrogens with one attached hydrogen (secondary N) is 1. The highest BCUT2D eigenvalue weighted by molar-refractivity contribution is 6.32. The molecule has 0 saturated heterocycles. The average Bonchev–Trinajstić information content (AvgIpc) is 2.96. The lowest BCUT2D eigenvalue weighted by atomic mass is 9.84. The van der Waals surface area contributed by atoms with Crippen molar-refractivity contribution in [3.05, 3.63) is 22.7 Å². The van der Waals surface area contributed by atoms with Crippen LogP contribution in [-0.4, -0.2) is 25.3 Å². The van der Waals surface area contributed by atoms with E-state index in [1.807, 2.05) is 0 Å². The third-order valence-electron chi connectivity index (χ3n) is 4.22. The molecule has 2 unspecified atom stereocenters. The van der Waals surface area contributed by atoms with Crippen LogP contribution in [0.4, 0.5) is 0 Å². The molecule has 0 bridgehead atoms. The number of amides is 1. The molecule has 1 aliphatic carbocycles. The van der Waals surface area contributed by atoms with E-state index in [0.717, 1.165) is 19.3 Å². The maximum atomic E-state index is 12.4. The number of rotatable bonds is 3. The first-order chi connectivity index (χ1) is 10.2. The van der Waals surface area contributed by atoms with Crippen molar-refractivity contribution in [3.8, 4) is 11.5 Å². The summed E-state index contributed by atoms with van der Waals surface area (Å²) in [6.45, 7) is 0.741. The summed E-state index contributed by atoms with van der Waals surface area (Å²) >= 11 is 6.11. The molecule has 3 rings (SSSR count). The van der Waals surface area contributed by atoms with Crippen molar-refractivity contribution < 1.29 is 14.3 Å². The van der Waals surface area contributed by atoms with Crippen LogP contribution in [0.2, 0.25) is 5.02 Å². The minimum absolute atomic E-state index is 0. The van der Waals surface area contributed by atoms with Crippen LogP contribution in [0, 0.1) is 5.92 Å². The zero-order valence-electron chi connectivity index (χ0n) is 12.1. The summed E-state index contributed by atoms with van der Waals surface area (Å²) in [5.41, 5.74) is 6.29. The molecule has 1 aromatic rings. The second-order valence-electron chi connectivity index (χ2n) is 5.55. The van der Waals surface area contributed by atoms with Gasteiger partial charge < -0.3 is 20.5 Å². The Hall–Kier alpha value is -1.17. The zero-order valence-corrected chi connectivity index (χ0v) is 13.7. The van der Waals surface area contributed by atoms with Crippen LogP contribution in [0.1, 0.15) is 36.0 Å². The van der Waals surface area contributed by atoms with E-state index in [0.29, 0.717) is 34.5 Å². The molecule has 3 N–H and O–H groups in total. The number of nitrogens with two attached hydrogens (primary N) is 1. The molecule has 0 spiro atoms. The number of hydrogen-bond donors (Lipinski definition) is 2. The molecule has 0 radical (unpaired) electrons. The van der Waals surface area contributed by atoms with Crippen molar-refractivity contribution in [1.82, 2.24) is 5.32 Å². The highest BCUT2D eigenvalue weighted by Crippen LogP contribution is 2.39. The molecule has 2 aliphatic rings. The van der Waals surface area contributed by atoms with Gasteiger partial charge in [0.15, 0.2) is 11.5 Å². The molecular weight excluding hydrogens is 327 g/mol. The highest BCUT2D eigenvalue weighted by atomic mass is 35.5. The van der Waals surface area contributed by atoms with Crippen molar-refractivity contribution in [2.45, 2.75) is 31.7 Å². The lowest BCUT2D eigenvalue weighted by Gasteiger charge is -2.31. The van der Waals surface area contributed by atoms with Crippen LogP contribution < -0.4 is 20.5 Å². The molecule has 1 saturated carbocycles. The molecule has 1 heterocycles. The normalized spacial score (nSPS) is 22.8. The van der Waals surface area contributed by atoms with E-state index in [9.17, 15) is 4.79 Å². The molecule has 122 valence electrons. The van der Waals surface area contributed by atoms with Gasteiger partial charge in [-0.25, -0.2) is 0 Å². The molecule has 22 heavy (non-hydrogen) atoms. The van der Waals surface area contributed by atoms with E-state index >= 15 is 0 Å². The molecule has 1 aromatic carbocycles. The van der Waals surface area contributed by atoms with Crippen molar-refractivity contribution in [2.24, 2.45) is 11.7 Å². The van der Waals surface area contributed by atoms with Gasteiger partial charge in [0.25, 0.3) is 5.91 Å². The fraction of sp³-hybridized carbons (Fsp3) is 0.533. The summed E-state index contributed by atoms with van der Waals surface area (Å²) in [7, 11) is 0. The summed E-state index contributed by atoms with van der Waals surface area (Å²) in [6, 6.07) is 3.43. The maximum Gasteiger partial charge on any atom is 0.251 e. The zero-order chi connectivity index (χ0) is 14.8. The predicted octanol–water partition coefficient (Wildman–Crippen LogP) is 2.74. The fourth-order valence-electron chi connectivity index (χ4n) is 3.03. The molecular formula is C15H20Cl2N2O3. The summed E-state index contributed by atoms with van der Waals surface area (Å²) in [6.07, 6.45) is 4.36. The van der Waals surface area contributed by atoms with Gasteiger partial charge in [-0.05, 0) is 37.4 Å². The summed E-state index contributed by atoms with van der Waals surface area (Å²) in [5, 5.41) is 3.48. The molecule has 1 amide bonds. The van der Waals surface area contributed by atoms with Gasteiger partial charge in [-0.1, -0.05) is 24.4 Å². The Morgan fingerprint density at radius 2 is 2.09 bits per heavy atom. The van der Waals surface area contributed by atoms with E-state index < -0.39 is 0 Å². The largest absolute Gasteiger partial charge is 0.454 e. The van der Waals surface area contributed by atoms with Gasteiger partial charge in [0.05, 0.1) is 5.02 Å². The van der Waals surface area contributed by atoms with Crippen LogP contribution in [0.3, 0.4) is 0 Å². The third kappa shape index (κ3) is 3.42. The van der Waals surface area contributed by atoms with Crippen molar-refractivity contribution in [3.63, 3.8) is 0 Å². The minimum Gasteiger partial charge on any atom is -0.454 e. The first-order valence-corrected chi connectivity index (χ1v) is 7.67. The number of fused-ring (bicyclic) bond motifs is 1. The Morgan fingerprint density at radius 3 is 2.86 bits per heavy atom. The standard InChI is InChI=1S/C15H19ClN2O3.ClH/c16-11-5-10(6-13-14(11)21-8-20-13)15(19)18-12-4-2-1-3-9(12)7-17;/h5-6,9,12H,1-4,7-8,17H2,(H,18,19);1H. The number of carbonyl (C=O) groups is 1. The summed E-state index contributed by atoms with van der Waals surface area (Å²) < 4.78 is 10.5. The van der Waals surface area contributed by atoms with Crippen LogP contribution >= 0.6 is 24.0 Å². The predicted molar refractivity (Wildman–Crippen MR) is 87.1 cm³/mol. The smallest absolute Gasteiger partial charge is 0.251 e.